The van der Waals surface area contributed by atoms with Crippen LogP contribution in [0.1, 0.15) is 13.8 Å². The molecule has 7 nitrogen and oxygen atoms in total. The highest BCUT2D eigenvalue weighted by molar-refractivity contribution is 7.89. The summed E-state index contributed by atoms with van der Waals surface area (Å²) in [5.41, 5.74) is 0. The molecule has 10 heteroatoms. The summed E-state index contributed by atoms with van der Waals surface area (Å²) in [6.45, 7) is 3.53. The lowest BCUT2D eigenvalue weighted by Crippen LogP contribution is -2.49. The first kappa shape index (κ1) is 20.5. The Labute approximate surface area is 151 Å². The molecule has 0 saturated carbocycles. The molecule has 1 amide bonds. The van der Waals surface area contributed by atoms with Crippen molar-refractivity contribution in [1.82, 2.24) is 9.62 Å². The van der Waals surface area contributed by atoms with Gasteiger partial charge in [-0.3, -0.25) is 4.79 Å². The summed E-state index contributed by atoms with van der Waals surface area (Å²) in [6.07, 6.45) is -0.385. The van der Waals surface area contributed by atoms with Crippen LogP contribution in [0, 0.1) is 11.6 Å². The average molecular weight is 392 g/mol. The highest BCUT2D eigenvalue weighted by atomic mass is 32.2. The van der Waals surface area contributed by atoms with Gasteiger partial charge in [0.2, 0.25) is 10.0 Å². The summed E-state index contributed by atoms with van der Waals surface area (Å²) in [6, 6.07) is 2.72. The van der Waals surface area contributed by atoms with E-state index in [1.165, 1.54) is 4.31 Å². The number of halogens is 2. The zero-order valence-electron chi connectivity index (χ0n) is 14.6. The first-order chi connectivity index (χ1) is 12.2. The van der Waals surface area contributed by atoms with Gasteiger partial charge in [0, 0.05) is 25.7 Å². The van der Waals surface area contributed by atoms with E-state index in [1.807, 2.05) is 0 Å². The fraction of sp³-hybridized carbons (Fsp3) is 0.562. The van der Waals surface area contributed by atoms with Crippen LogP contribution >= 0.6 is 0 Å². The summed E-state index contributed by atoms with van der Waals surface area (Å²) >= 11 is 0. The van der Waals surface area contributed by atoms with E-state index in [0.29, 0.717) is 6.07 Å². The largest absolute Gasteiger partial charge is 0.481 e. The predicted molar refractivity (Wildman–Crippen MR) is 90.2 cm³/mol. The molecule has 146 valence electrons. The summed E-state index contributed by atoms with van der Waals surface area (Å²) in [5, 5.41) is 2.40. The normalized spacial score (nSPS) is 21.4. The number of morpholine rings is 1. The molecule has 26 heavy (non-hydrogen) atoms. The number of ether oxygens (including phenoxy) is 2. The number of sulfonamides is 1. The van der Waals surface area contributed by atoms with Crippen molar-refractivity contribution in [3.05, 3.63) is 29.8 Å². The molecule has 1 saturated heterocycles. The summed E-state index contributed by atoms with van der Waals surface area (Å²) < 4.78 is 62.6. The van der Waals surface area contributed by atoms with Crippen LogP contribution in [-0.4, -0.2) is 62.8 Å². The third-order valence-corrected chi connectivity index (χ3v) is 5.52. The van der Waals surface area contributed by atoms with Gasteiger partial charge in [-0.15, -0.1) is 0 Å². The van der Waals surface area contributed by atoms with E-state index in [9.17, 15) is 22.0 Å². The molecule has 1 fully saturated rings. The van der Waals surface area contributed by atoms with Crippen molar-refractivity contribution in [2.24, 2.45) is 0 Å². The standard InChI is InChI=1S/C16H22F2N2O5S/c1-11-8-20(9-12(2)25-11)26(22,23)6-5-19-16(21)10-24-15-4-3-13(17)7-14(15)18/h3-4,7,11-12H,5-6,8-10H2,1-2H3,(H,19,21). The molecule has 1 aliphatic rings. The van der Waals surface area contributed by atoms with Crippen molar-refractivity contribution in [3.63, 3.8) is 0 Å². The van der Waals surface area contributed by atoms with Crippen LogP contribution in [0.25, 0.3) is 0 Å². The van der Waals surface area contributed by atoms with E-state index in [1.54, 1.807) is 13.8 Å². The highest BCUT2D eigenvalue weighted by Gasteiger charge is 2.30. The van der Waals surface area contributed by atoms with Crippen molar-refractivity contribution < 1.29 is 31.5 Å². The number of rotatable bonds is 7. The van der Waals surface area contributed by atoms with Crippen LogP contribution in [0.2, 0.25) is 0 Å². The van der Waals surface area contributed by atoms with Gasteiger partial charge in [0.05, 0.1) is 18.0 Å². The second-order valence-corrected chi connectivity index (χ2v) is 8.19. The number of nitrogens with zero attached hydrogens (tertiary/aromatic N) is 1. The Morgan fingerprint density at radius 1 is 1.31 bits per heavy atom. The van der Waals surface area contributed by atoms with Crippen molar-refractivity contribution >= 4 is 15.9 Å². The SMILES string of the molecule is CC1CN(S(=O)(=O)CCNC(=O)COc2ccc(F)cc2F)CC(C)O1. The first-order valence-electron chi connectivity index (χ1n) is 8.15. The molecule has 2 rings (SSSR count). The van der Waals surface area contributed by atoms with Gasteiger partial charge in [-0.1, -0.05) is 0 Å². The van der Waals surface area contributed by atoms with E-state index in [-0.39, 0.29) is 43.3 Å². The molecule has 0 aliphatic carbocycles. The zero-order valence-corrected chi connectivity index (χ0v) is 15.4. The van der Waals surface area contributed by atoms with Gasteiger partial charge in [0.1, 0.15) is 5.82 Å². The third kappa shape index (κ3) is 5.89. The molecule has 0 radical (unpaired) electrons. The van der Waals surface area contributed by atoms with E-state index in [0.717, 1.165) is 12.1 Å². The van der Waals surface area contributed by atoms with Crippen molar-refractivity contribution in [1.29, 1.82) is 0 Å². The van der Waals surface area contributed by atoms with Crippen molar-refractivity contribution in [2.45, 2.75) is 26.1 Å². The van der Waals surface area contributed by atoms with Gasteiger partial charge in [-0.25, -0.2) is 17.2 Å². The average Bonchev–Trinajstić information content (AvgIpc) is 2.53. The maximum absolute atomic E-state index is 13.4. The third-order valence-electron chi connectivity index (χ3n) is 3.71. The van der Waals surface area contributed by atoms with Gasteiger partial charge in [-0.2, -0.15) is 4.31 Å². The lowest BCUT2D eigenvalue weighted by molar-refractivity contribution is -0.123. The van der Waals surface area contributed by atoms with Crippen LogP contribution in [-0.2, 0) is 19.6 Å². The molecule has 1 N–H and O–H groups in total. The quantitative estimate of drug-likeness (QED) is 0.745. The van der Waals surface area contributed by atoms with Crippen molar-refractivity contribution in [2.75, 3.05) is 32.0 Å². The number of hydrogen-bond acceptors (Lipinski definition) is 5. The fourth-order valence-electron chi connectivity index (χ4n) is 2.59. The number of carbonyl (C=O) groups excluding carboxylic acids is 1. The zero-order chi connectivity index (χ0) is 19.3. The van der Waals surface area contributed by atoms with E-state index >= 15 is 0 Å². The molecule has 1 aromatic carbocycles. The van der Waals surface area contributed by atoms with Crippen LogP contribution in [0.4, 0.5) is 8.78 Å². The minimum atomic E-state index is -3.53. The molecule has 0 bridgehead atoms. The Morgan fingerprint density at radius 3 is 2.58 bits per heavy atom. The van der Waals surface area contributed by atoms with Crippen LogP contribution in [0.3, 0.4) is 0 Å². The summed E-state index contributed by atoms with van der Waals surface area (Å²) in [7, 11) is -3.53. The summed E-state index contributed by atoms with van der Waals surface area (Å²) in [4.78, 5) is 11.7. The first-order valence-corrected chi connectivity index (χ1v) is 9.76. The topological polar surface area (TPSA) is 84.9 Å². The Balaban J connectivity index is 1.76. The molecule has 2 atom stereocenters. The molecular formula is C16H22F2N2O5S. The molecule has 0 aromatic heterocycles. The van der Waals surface area contributed by atoms with Crippen LogP contribution in [0.15, 0.2) is 18.2 Å². The minimum Gasteiger partial charge on any atom is -0.481 e. The number of amides is 1. The summed E-state index contributed by atoms with van der Waals surface area (Å²) in [5.74, 6) is -2.80. The highest BCUT2D eigenvalue weighted by Crippen LogP contribution is 2.17. The molecule has 1 heterocycles. The molecule has 1 aromatic rings. The predicted octanol–water partition coefficient (Wildman–Crippen LogP) is 0.899. The molecule has 0 spiro atoms. The smallest absolute Gasteiger partial charge is 0.257 e. The second-order valence-electron chi connectivity index (χ2n) is 6.10. The number of benzene rings is 1. The fourth-order valence-corrected chi connectivity index (χ4v) is 4.09. The maximum Gasteiger partial charge on any atom is 0.257 e. The van der Waals surface area contributed by atoms with Gasteiger partial charge in [0.15, 0.2) is 18.2 Å². The van der Waals surface area contributed by atoms with E-state index < -0.39 is 34.2 Å². The van der Waals surface area contributed by atoms with E-state index in [2.05, 4.69) is 5.32 Å². The lowest BCUT2D eigenvalue weighted by Gasteiger charge is -2.34. The maximum atomic E-state index is 13.4. The Bertz CT molecular complexity index is 734. The van der Waals surface area contributed by atoms with E-state index in [4.69, 9.17) is 9.47 Å². The Kier molecular flexibility index (Phi) is 6.90. The second kappa shape index (κ2) is 8.74. The number of carbonyl (C=O) groups is 1. The minimum absolute atomic E-state index is 0.101. The van der Waals surface area contributed by atoms with Gasteiger partial charge in [-0.05, 0) is 26.0 Å². The van der Waals surface area contributed by atoms with Gasteiger partial charge < -0.3 is 14.8 Å². The van der Waals surface area contributed by atoms with Gasteiger partial charge in [0.25, 0.3) is 5.91 Å². The molecular weight excluding hydrogens is 370 g/mol. The monoisotopic (exact) mass is 392 g/mol. The molecule has 2 unspecified atom stereocenters. The number of nitrogens with one attached hydrogen (secondary N) is 1. The van der Waals surface area contributed by atoms with Crippen molar-refractivity contribution in [3.8, 4) is 5.75 Å². The van der Waals surface area contributed by atoms with Crippen LogP contribution < -0.4 is 10.1 Å². The lowest BCUT2D eigenvalue weighted by atomic mass is 10.3. The molecule has 1 aliphatic heterocycles. The van der Waals surface area contributed by atoms with Gasteiger partial charge >= 0.3 is 0 Å². The Morgan fingerprint density at radius 2 is 1.96 bits per heavy atom. The number of hydrogen-bond donors (Lipinski definition) is 1. The van der Waals surface area contributed by atoms with Crippen LogP contribution in [0.5, 0.6) is 5.75 Å². The Hall–Kier alpha value is -1.78.